The molecule has 4 nitrogen and oxygen atoms in total. The van der Waals surface area contributed by atoms with Crippen LogP contribution in [0.25, 0.3) is 0 Å². The molecule has 0 aromatic rings. The SMILES string of the molecule is CN(CCC(C)(C)C(=N)N)CC1CC(O)C1. The maximum atomic E-state index is 9.20. The molecule has 4 heteroatoms. The Morgan fingerprint density at radius 2 is 2.06 bits per heavy atom. The minimum absolute atomic E-state index is 0.0629. The molecular weight excluding hydrogens is 202 g/mol. The van der Waals surface area contributed by atoms with Crippen LogP contribution in [0.1, 0.15) is 33.1 Å². The highest BCUT2D eigenvalue weighted by atomic mass is 16.3. The van der Waals surface area contributed by atoms with Crippen molar-refractivity contribution < 1.29 is 5.11 Å². The molecule has 0 aliphatic heterocycles. The van der Waals surface area contributed by atoms with Gasteiger partial charge in [-0.3, -0.25) is 5.41 Å². The van der Waals surface area contributed by atoms with Crippen LogP contribution in [0.3, 0.4) is 0 Å². The van der Waals surface area contributed by atoms with Gasteiger partial charge in [0.1, 0.15) is 0 Å². The smallest absolute Gasteiger partial charge is 0.0963 e. The average molecular weight is 227 g/mol. The molecule has 1 saturated carbocycles. The molecule has 1 aliphatic rings. The summed E-state index contributed by atoms with van der Waals surface area (Å²) >= 11 is 0. The van der Waals surface area contributed by atoms with E-state index in [1.54, 1.807) is 0 Å². The van der Waals surface area contributed by atoms with E-state index >= 15 is 0 Å². The first-order chi connectivity index (χ1) is 7.31. The van der Waals surface area contributed by atoms with Crippen LogP contribution in [0.15, 0.2) is 0 Å². The lowest BCUT2D eigenvalue weighted by molar-refractivity contribution is 0.0275. The van der Waals surface area contributed by atoms with Crippen molar-refractivity contribution in [3.63, 3.8) is 0 Å². The largest absolute Gasteiger partial charge is 0.393 e. The molecule has 0 spiro atoms. The van der Waals surface area contributed by atoms with E-state index in [-0.39, 0.29) is 17.4 Å². The quantitative estimate of drug-likeness (QED) is 0.469. The van der Waals surface area contributed by atoms with Crippen molar-refractivity contribution in [2.24, 2.45) is 17.1 Å². The Labute approximate surface area is 98.3 Å². The van der Waals surface area contributed by atoms with E-state index in [2.05, 4.69) is 11.9 Å². The predicted molar refractivity (Wildman–Crippen MR) is 66.5 cm³/mol. The molecule has 0 radical (unpaired) electrons. The molecule has 1 aliphatic carbocycles. The Kier molecular flexibility index (Phi) is 4.33. The zero-order valence-electron chi connectivity index (χ0n) is 10.7. The second-order valence-corrected chi connectivity index (χ2v) is 5.80. The van der Waals surface area contributed by atoms with Crippen molar-refractivity contribution in [1.82, 2.24) is 4.90 Å². The fraction of sp³-hybridized carbons (Fsp3) is 0.917. The molecule has 0 unspecified atom stereocenters. The summed E-state index contributed by atoms with van der Waals surface area (Å²) in [5, 5.41) is 16.7. The van der Waals surface area contributed by atoms with Gasteiger partial charge in [-0.15, -0.1) is 0 Å². The summed E-state index contributed by atoms with van der Waals surface area (Å²) in [4.78, 5) is 2.28. The van der Waals surface area contributed by atoms with Crippen molar-refractivity contribution >= 4 is 5.84 Å². The van der Waals surface area contributed by atoms with Crippen LogP contribution >= 0.6 is 0 Å². The van der Waals surface area contributed by atoms with E-state index in [0.717, 1.165) is 32.4 Å². The monoisotopic (exact) mass is 227 g/mol. The van der Waals surface area contributed by atoms with Crippen molar-refractivity contribution in [2.45, 2.75) is 39.2 Å². The van der Waals surface area contributed by atoms with Gasteiger partial charge in [0.2, 0.25) is 0 Å². The van der Waals surface area contributed by atoms with Crippen LogP contribution < -0.4 is 5.73 Å². The number of amidine groups is 1. The van der Waals surface area contributed by atoms with Crippen molar-refractivity contribution in [1.29, 1.82) is 5.41 Å². The van der Waals surface area contributed by atoms with Gasteiger partial charge in [0.15, 0.2) is 0 Å². The summed E-state index contributed by atoms with van der Waals surface area (Å²) in [6, 6.07) is 0. The number of aliphatic hydroxyl groups excluding tert-OH is 1. The van der Waals surface area contributed by atoms with Crippen LogP contribution in [-0.4, -0.2) is 42.1 Å². The Balaban J connectivity index is 2.19. The number of aliphatic hydroxyl groups is 1. The fourth-order valence-electron chi connectivity index (χ4n) is 1.99. The van der Waals surface area contributed by atoms with Gasteiger partial charge in [0.05, 0.1) is 11.9 Å². The van der Waals surface area contributed by atoms with Gasteiger partial charge in [-0.05, 0) is 38.8 Å². The molecule has 94 valence electrons. The standard InChI is InChI=1S/C12H25N3O/c1-12(2,11(13)14)4-5-15(3)8-9-6-10(16)7-9/h9-10,16H,4-8H2,1-3H3,(H3,13,14). The highest BCUT2D eigenvalue weighted by molar-refractivity contribution is 5.82. The molecular formula is C12H25N3O. The molecule has 0 aromatic carbocycles. The van der Waals surface area contributed by atoms with Gasteiger partial charge in [0, 0.05) is 12.0 Å². The molecule has 0 aromatic heterocycles. The summed E-state index contributed by atoms with van der Waals surface area (Å²) in [6.45, 7) is 6.02. The number of hydrogen-bond acceptors (Lipinski definition) is 3. The third-order valence-corrected chi connectivity index (χ3v) is 3.63. The number of rotatable bonds is 6. The second kappa shape index (κ2) is 5.15. The average Bonchev–Trinajstić information content (AvgIpc) is 2.12. The van der Waals surface area contributed by atoms with Crippen LogP contribution in [-0.2, 0) is 0 Å². The van der Waals surface area contributed by atoms with Crippen molar-refractivity contribution in [3.8, 4) is 0 Å². The number of nitrogens with two attached hydrogens (primary N) is 1. The van der Waals surface area contributed by atoms with E-state index in [1.165, 1.54) is 0 Å². The first-order valence-electron chi connectivity index (χ1n) is 6.02. The third-order valence-electron chi connectivity index (χ3n) is 3.63. The van der Waals surface area contributed by atoms with E-state index < -0.39 is 0 Å². The highest BCUT2D eigenvalue weighted by Gasteiger charge is 2.28. The maximum absolute atomic E-state index is 9.20. The zero-order valence-corrected chi connectivity index (χ0v) is 10.7. The third kappa shape index (κ3) is 3.76. The minimum atomic E-state index is -0.201. The lowest BCUT2D eigenvalue weighted by Crippen LogP contribution is -2.39. The van der Waals surface area contributed by atoms with Gasteiger partial charge in [-0.1, -0.05) is 13.8 Å². The van der Waals surface area contributed by atoms with E-state index in [0.29, 0.717) is 5.92 Å². The highest BCUT2D eigenvalue weighted by Crippen LogP contribution is 2.28. The first kappa shape index (κ1) is 13.5. The Hall–Kier alpha value is -0.610. The molecule has 1 fully saturated rings. The lowest BCUT2D eigenvalue weighted by Gasteiger charge is -2.35. The summed E-state index contributed by atoms with van der Waals surface area (Å²) in [5.41, 5.74) is 5.34. The van der Waals surface area contributed by atoms with Crippen LogP contribution in [0.4, 0.5) is 0 Å². The van der Waals surface area contributed by atoms with Gasteiger partial charge in [0.25, 0.3) is 0 Å². The fourth-order valence-corrected chi connectivity index (χ4v) is 1.99. The van der Waals surface area contributed by atoms with E-state index in [4.69, 9.17) is 11.1 Å². The Morgan fingerprint density at radius 3 is 2.50 bits per heavy atom. The van der Waals surface area contributed by atoms with Crippen LogP contribution in [0.2, 0.25) is 0 Å². The maximum Gasteiger partial charge on any atom is 0.0963 e. The molecule has 0 bridgehead atoms. The lowest BCUT2D eigenvalue weighted by atomic mass is 9.82. The number of nitrogens with one attached hydrogen (secondary N) is 1. The molecule has 0 saturated heterocycles. The summed E-state index contributed by atoms with van der Waals surface area (Å²) < 4.78 is 0. The second-order valence-electron chi connectivity index (χ2n) is 5.80. The summed E-state index contributed by atoms with van der Waals surface area (Å²) in [7, 11) is 2.10. The summed E-state index contributed by atoms with van der Waals surface area (Å²) in [5.74, 6) is 0.917. The molecule has 0 heterocycles. The topological polar surface area (TPSA) is 73.3 Å². The normalized spacial score (nSPS) is 25.6. The summed E-state index contributed by atoms with van der Waals surface area (Å²) in [6.07, 6.45) is 2.74. The molecule has 1 rings (SSSR count). The van der Waals surface area contributed by atoms with E-state index in [9.17, 15) is 5.11 Å². The van der Waals surface area contributed by atoms with Crippen molar-refractivity contribution in [2.75, 3.05) is 20.1 Å². The van der Waals surface area contributed by atoms with Gasteiger partial charge < -0.3 is 15.7 Å². The molecule has 16 heavy (non-hydrogen) atoms. The number of nitrogens with zero attached hydrogens (tertiary/aromatic N) is 1. The van der Waals surface area contributed by atoms with Gasteiger partial charge in [-0.2, -0.15) is 0 Å². The molecule has 0 atom stereocenters. The van der Waals surface area contributed by atoms with E-state index in [1.807, 2.05) is 13.8 Å². The van der Waals surface area contributed by atoms with Crippen molar-refractivity contribution in [3.05, 3.63) is 0 Å². The Bertz CT molecular complexity index is 247. The molecule has 0 amide bonds. The van der Waals surface area contributed by atoms with Crippen LogP contribution in [0, 0.1) is 16.7 Å². The Morgan fingerprint density at radius 1 is 1.50 bits per heavy atom. The van der Waals surface area contributed by atoms with Crippen LogP contribution in [0.5, 0.6) is 0 Å². The molecule has 4 N–H and O–H groups in total. The predicted octanol–water partition coefficient (Wildman–Crippen LogP) is 1.04. The first-order valence-corrected chi connectivity index (χ1v) is 6.02. The zero-order chi connectivity index (χ0) is 12.3. The van der Waals surface area contributed by atoms with Gasteiger partial charge >= 0.3 is 0 Å². The van der Waals surface area contributed by atoms with Gasteiger partial charge in [-0.25, -0.2) is 0 Å². The minimum Gasteiger partial charge on any atom is -0.393 e. The number of hydrogen-bond donors (Lipinski definition) is 3.